The van der Waals surface area contributed by atoms with Gasteiger partial charge in [0.25, 0.3) is 0 Å². The monoisotopic (exact) mass is 556 g/mol. The minimum absolute atomic E-state index is 0.0296. The molecule has 0 unspecified atom stereocenters. The topological polar surface area (TPSA) is 0 Å². The zero-order valence-corrected chi connectivity index (χ0v) is 18.2. The zero-order chi connectivity index (χ0) is 15.5. The number of benzene rings is 2. The molecule has 0 aliphatic carbocycles. The van der Waals surface area contributed by atoms with Crippen LogP contribution in [0.15, 0.2) is 51.4 Å². The van der Waals surface area contributed by atoms with Crippen LogP contribution in [-0.2, 0) is 11.8 Å². The summed E-state index contributed by atoms with van der Waals surface area (Å²) in [4.78, 5) is 0. The molecular formula is C16H13Br4Cl. The lowest BCUT2D eigenvalue weighted by molar-refractivity contribution is 0.551. The molecule has 0 aliphatic heterocycles. The van der Waals surface area contributed by atoms with Crippen molar-refractivity contribution in [3.63, 3.8) is 0 Å². The SMILES string of the molecule is Clc1cc(Br)ccc1CC(CBr)(CBr)c1ccc(Br)cc1. The molecule has 2 aromatic rings. The van der Waals surface area contributed by atoms with Crippen molar-refractivity contribution < 1.29 is 0 Å². The Labute approximate surface area is 164 Å². The van der Waals surface area contributed by atoms with E-state index in [4.69, 9.17) is 11.6 Å². The number of hydrogen-bond acceptors (Lipinski definition) is 0. The Balaban J connectivity index is 2.40. The summed E-state index contributed by atoms with van der Waals surface area (Å²) >= 11 is 20.7. The molecule has 0 aromatic heterocycles. The van der Waals surface area contributed by atoms with Crippen LogP contribution in [0.2, 0.25) is 5.02 Å². The quantitative estimate of drug-likeness (QED) is 0.342. The van der Waals surface area contributed by atoms with Crippen molar-refractivity contribution >= 4 is 75.3 Å². The molecule has 0 fully saturated rings. The van der Waals surface area contributed by atoms with Gasteiger partial charge in [0.15, 0.2) is 0 Å². The van der Waals surface area contributed by atoms with Gasteiger partial charge in [0.05, 0.1) is 0 Å². The highest BCUT2D eigenvalue weighted by atomic mass is 79.9. The van der Waals surface area contributed by atoms with E-state index in [1.165, 1.54) is 5.56 Å². The van der Waals surface area contributed by atoms with Gasteiger partial charge >= 0.3 is 0 Å². The van der Waals surface area contributed by atoms with E-state index in [-0.39, 0.29) is 5.41 Å². The number of rotatable bonds is 5. The molecule has 2 rings (SSSR count). The van der Waals surface area contributed by atoms with Gasteiger partial charge in [-0.15, -0.1) is 0 Å². The maximum Gasteiger partial charge on any atom is 0.0449 e. The van der Waals surface area contributed by atoms with E-state index in [0.29, 0.717) is 0 Å². The van der Waals surface area contributed by atoms with Crippen LogP contribution in [0.1, 0.15) is 11.1 Å². The molecule has 112 valence electrons. The van der Waals surface area contributed by atoms with Crippen LogP contribution >= 0.6 is 75.3 Å². The third-order valence-electron chi connectivity index (χ3n) is 3.51. The molecule has 0 saturated heterocycles. The van der Waals surface area contributed by atoms with E-state index in [1.807, 2.05) is 12.1 Å². The van der Waals surface area contributed by atoms with Gasteiger partial charge in [0.2, 0.25) is 0 Å². The fraction of sp³-hybridized carbons (Fsp3) is 0.250. The standard InChI is InChI=1S/C16H13Br4Cl/c17-9-16(10-18,12-2-5-13(19)6-3-12)8-11-1-4-14(20)7-15(11)21/h1-7H,8-10H2. The Hall–Kier alpha value is 0.650. The minimum atomic E-state index is -0.0296. The summed E-state index contributed by atoms with van der Waals surface area (Å²) < 4.78 is 2.09. The van der Waals surface area contributed by atoms with Gasteiger partial charge in [-0.1, -0.05) is 93.5 Å². The highest BCUT2D eigenvalue weighted by Gasteiger charge is 2.31. The maximum absolute atomic E-state index is 6.39. The lowest BCUT2D eigenvalue weighted by Gasteiger charge is -2.31. The van der Waals surface area contributed by atoms with Gasteiger partial charge in [-0.25, -0.2) is 0 Å². The first-order valence-electron chi connectivity index (χ1n) is 6.33. The maximum atomic E-state index is 6.39. The Kier molecular flexibility index (Phi) is 6.82. The van der Waals surface area contributed by atoms with E-state index in [2.05, 4.69) is 94.1 Å². The van der Waals surface area contributed by atoms with Crippen molar-refractivity contribution in [3.8, 4) is 0 Å². The first kappa shape index (κ1) is 18.0. The van der Waals surface area contributed by atoms with Crippen LogP contribution in [0.5, 0.6) is 0 Å². The second kappa shape index (κ2) is 7.96. The predicted octanol–water partition coefficient (Wildman–Crippen LogP) is 7.14. The Morgan fingerprint density at radius 1 is 0.857 bits per heavy atom. The van der Waals surface area contributed by atoms with Gasteiger partial charge < -0.3 is 0 Å². The molecule has 0 amide bonds. The fourth-order valence-corrected chi connectivity index (χ4v) is 5.20. The van der Waals surface area contributed by atoms with Gasteiger partial charge in [-0.2, -0.15) is 0 Å². The molecule has 0 aliphatic rings. The Morgan fingerprint density at radius 2 is 1.43 bits per heavy atom. The summed E-state index contributed by atoms with van der Waals surface area (Å²) in [6.45, 7) is 0. The molecule has 0 nitrogen and oxygen atoms in total. The molecule has 21 heavy (non-hydrogen) atoms. The summed E-state index contributed by atoms with van der Waals surface area (Å²) in [5.41, 5.74) is 2.41. The molecule has 0 radical (unpaired) electrons. The van der Waals surface area contributed by atoms with Crippen LogP contribution < -0.4 is 0 Å². The highest BCUT2D eigenvalue weighted by Crippen LogP contribution is 2.36. The predicted molar refractivity (Wildman–Crippen MR) is 106 cm³/mol. The summed E-state index contributed by atoms with van der Waals surface area (Å²) in [6, 6.07) is 14.6. The first-order chi connectivity index (χ1) is 10.0. The van der Waals surface area contributed by atoms with Crippen LogP contribution in [0.25, 0.3) is 0 Å². The van der Waals surface area contributed by atoms with Gasteiger partial charge in [-0.3, -0.25) is 0 Å². The Bertz CT molecular complexity index is 606. The first-order valence-corrected chi connectivity index (χ1v) is 10.5. The molecule has 0 heterocycles. The second-order valence-corrected chi connectivity index (χ2v) is 8.33. The van der Waals surface area contributed by atoms with Crippen molar-refractivity contribution in [2.75, 3.05) is 10.7 Å². The lowest BCUT2D eigenvalue weighted by atomic mass is 9.79. The number of halogens is 5. The highest BCUT2D eigenvalue weighted by molar-refractivity contribution is 9.11. The molecule has 5 heteroatoms. The molecule has 0 atom stereocenters. The van der Waals surface area contributed by atoms with E-state index in [9.17, 15) is 0 Å². The van der Waals surface area contributed by atoms with Gasteiger partial charge in [-0.05, 0) is 41.8 Å². The fourth-order valence-electron chi connectivity index (χ4n) is 2.22. The van der Waals surface area contributed by atoms with Crippen molar-refractivity contribution in [1.29, 1.82) is 0 Å². The smallest absolute Gasteiger partial charge is 0.0449 e. The summed E-state index contributed by atoms with van der Waals surface area (Å²) in [7, 11) is 0. The van der Waals surface area contributed by atoms with Crippen molar-refractivity contribution in [3.05, 3.63) is 67.6 Å². The summed E-state index contributed by atoms with van der Waals surface area (Å²) in [5.74, 6) is 0. The van der Waals surface area contributed by atoms with E-state index in [1.54, 1.807) is 0 Å². The third-order valence-corrected chi connectivity index (χ3v) is 7.03. The van der Waals surface area contributed by atoms with Crippen molar-refractivity contribution in [2.24, 2.45) is 0 Å². The van der Waals surface area contributed by atoms with Gasteiger partial charge in [0, 0.05) is 30.0 Å². The second-order valence-electron chi connectivity index (χ2n) is 4.97. The molecule has 0 saturated carbocycles. The normalized spacial score (nSPS) is 11.7. The average molecular weight is 560 g/mol. The number of alkyl halides is 2. The van der Waals surface area contributed by atoms with E-state index in [0.717, 1.165) is 36.6 Å². The number of hydrogen-bond donors (Lipinski definition) is 0. The van der Waals surface area contributed by atoms with Gasteiger partial charge in [0.1, 0.15) is 0 Å². The summed E-state index contributed by atoms with van der Waals surface area (Å²) in [5, 5.41) is 2.52. The van der Waals surface area contributed by atoms with Crippen LogP contribution in [0.3, 0.4) is 0 Å². The third kappa shape index (κ3) is 4.35. The van der Waals surface area contributed by atoms with Crippen molar-refractivity contribution in [2.45, 2.75) is 11.8 Å². The summed E-state index contributed by atoms with van der Waals surface area (Å²) in [6.07, 6.45) is 0.872. The average Bonchev–Trinajstić information content (AvgIpc) is 2.48. The zero-order valence-electron chi connectivity index (χ0n) is 11.1. The molecule has 0 spiro atoms. The molecule has 0 N–H and O–H groups in total. The largest absolute Gasteiger partial charge is 0.0918 e. The Morgan fingerprint density at radius 3 is 1.95 bits per heavy atom. The van der Waals surface area contributed by atoms with Crippen LogP contribution in [-0.4, -0.2) is 10.7 Å². The lowest BCUT2D eigenvalue weighted by Crippen LogP contribution is -2.33. The molecule has 2 aromatic carbocycles. The van der Waals surface area contributed by atoms with E-state index >= 15 is 0 Å². The van der Waals surface area contributed by atoms with Crippen LogP contribution in [0.4, 0.5) is 0 Å². The van der Waals surface area contributed by atoms with E-state index < -0.39 is 0 Å². The minimum Gasteiger partial charge on any atom is -0.0918 e. The molecule has 0 bridgehead atoms. The van der Waals surface area contributed by atoms with Crippen molar-refractivity contribution in [1.82, 2.24) is 0 Å². The van der Waals surface area contributed by atoms with Crippen LogP contribution in [0, 0.1) is 0 Å². The molecular weight excluding hydrogens is 547 g/mol.